The lowest BCUT2D eigenvalue weighted by molar-refractivity contribution is -0.121. The molecule has 5 nitrogen and oxygen atoms in total. The molecule has 134 valence electrons. The Kier molecular flexibility index (Phi) is 6.16. The van der Waals surface area contributed by atoms with Crippen LogP contribution in [0, 0.1) is 5.82 Å². The van der Waals surface area contributed by atoms with Gasteiger partial charge in [0, 0.05) is 12.1 Å². The quantitative estimate of drug-likeness (QED) is 0.832. The molecule has 25 heavy (non-hydrogen) atoms. The minimum absolute atomic E-state index is 0.0544. The Labute approximate surface area is 151 Å². The van der Waals surface area contributed by atoms with Crippen molar-refractivity contribution in [1.29, 1.82) is 0 Å². The zero-order valence-corrected chi connectivity index (χ0v) is 15.3. The van der Waals surface area contributed by atoms with Gasteiger partial charge < -0.3 is 5.32 Å². The van der Waals surface area contributed by atoms with Crippen LogP contribution in [-0.2, 0) is 14.8 Å². The molecule has 0 radical (unpaired) electrons. The summed E-state index contributed by atoms with van der Waals surface area (Å²) in [6, 6.07) is 11.1. The van der Waals surface area contributed by atoms with E-state index in [-0.39, 0.29) is 23.3 Å². The fraction of sp³-hybridized carbons (Fsp3) is 0.235. The average Bonchev–Trinajstić information content (AvgIpc) is 2.55. The number of benzene rings is 2. The smallest absolute Gasteiger partial charge is 0.243 e. The Bertz CT molecular complexity index is 839. The first kappa shape index (κ1) is 19.4. The van der Waals surface area contributed by atoms with Gasteiger partial charge >= 0.3 is 0 Å². The fourth-order valence-electron chi connectivity index (χ4n) is 2.20. The van der Waals surface area contributed by atoms with Crippen molar-refractivity contribution in [3.8, 4) is 0 Å². The second kappa shape index (κ2) is 7.95. The van der Waals surface area contributed by atoms with Gasteiger partial charge in [-0.2, -0.15) is 4.31 Å². The number of sulfonamides is 1. The summed E-state index contributed by atoms with van der Waals surface area (Å²) in [6.45, 7) is 1.40. The largest absolute Gasteiger partial charge is 0.348 e. The molecular weight excluding hydrogens is 367 g/mol. The van der Waals surface area contributed by atoms with Crippen molar-refractivity contribution in [1.82, 2.24) is 9.62 Å². The highest BCUT2D eigenvalue weighted by atomic mass is 35.5. The summed E-state index contributed by atoms with van der Waals surface area (Å²) in [5.41, 5.74) is 0.720. The number of likely N-dealkylation sites (N-methyl/N-ethyl adjacent to an activating group) is 1. The third-order valence-electron chi connectivity index (χ3n) is 3.64. The minimum atomic E-state index is -3.79. The molecule has 0 aliphatic heterocycles. The lowest BCUT2D eigenvalue weighted by Crippen LogP contribution is -2.39. The molecule has 0 saturated heterocycles. The van der Waals surface area contributed by atoms with E-state index in [0.717, 1.165) is 9.87 Å². The summed E-state index contributed by atoms with van der Waals surface area (Å²) < 4.78 is 38.8. The van der Waals surface area contributed by atoms with Gasteiger partial charge in [0.25, 0.3) is 0 Å². The SMILES string of the molecule is C[C@@H](NC(=O)CN(C)S(=O)(=O)c1ccc(Cl)cc1)c1ccc(F)cc1. The van der Waals surface area contributed by atoms with Gasteiger partial charge in [0.1, 0.15) is 5.82 Å². The Morgan fingerprint density at radius 2 is 1.72 bits per heavy atom. The van der Waals surface area contributed by atoms with Crippen LogP contribution < -0.4 is 5.32 Å². The first-order valence-corrected chi connectivity index (χ1v) is 9.28. The maximum absolute atomic E-state index is 12.9. The van der Waals surface area contributed by atoms with Crippen LogP contribution in [0.4, 0.5) is 4.39 Å². The molecule has 1 amide bonds. The van der Waals surface area contributed by atoms with Crippen LogP contribution in [0.1, 0.15) is 18.5 Å². The second-order valence-corrected chi connectivity index (χ2v) is 8.04. The molecule has 0 heterocycles. The maximum Gasteiger partial charge on any atom is 0.243 e. The van der Waals surface area contributed by atoms with Crippen LogP contribution in [0.15, 0.2) is 53.4 Å². The van der Waals surface area contributed by atoms with E-state index in [1.165, 1.54) is 43.4 Å². The van der Waals surface area contributed by atoms with Crippen LogP contribution in [-0.4, -0.2) is 32.2 Å². The summed E-state index contributed by atoms with van der Waals surface area (Å²) in [6.07, 6.45) is 0. The Balaban J connectivity index is 2.01. The number of amides is 1. The van der Waals surface area contributed by atoms with Gasteiger partial charge in [0.05, 0.1) is 17.5 Å². The number of rotatable bonds is 6. The highest BCUT2D eigenvalue weighted by Gasteiger charge is 2.23. The van der Waals surface area contributed by atoms with Crippen LogP contribution in [0.3, 0.4) is 0 Å². The van der Waals surface area contributed by atoms with E-state index < -0.39 is 15.9 Å². The van der Waals surface area contributed by atoms with Crippen molar-refractivity contribution in [2.75, 3.05) is 13.6 Å². The summed E-state index contributed by atoms with van der Waals surface area (Å²) in [4.78, 5) is 12.2. The van der Waals surface area contributed by atoms with E-state index in [0.29, 0.717) is 5.02 Å². The van der Waals surface area contributed by atoms with Crippen LogP contribution >= 0.6 is 11.6 Å². The topological polar surface area (TPSA) is 66.5 Å². The average molecular weight is 385 g/mol. The normalized spacial score (nSPS) is 12.8. The Morgan fingerprint density at radius 1 is 1.16 bits per heavy atom. The van der Waals surface area contributed by atoms with Gasteiger partial charge in [-0.15, -0.1) is 0 Å². The number of nitrogens with one attached hydrogen (secondary N) is 1. The van der Waals surface area contributed by atoms with Crippen molar-refractivity contribution >= 4 is 27.5 Å². The summed E-state index contributed by atoms with van der Waals surface area (Å²) >= 11 is 5.75. The summed E-state index contributed by atoms with van der Waals surface area (Å²) in [5.74, 6) is -0.826. The monoisotopic (exact) mass is 384 g/mol. The number of carbonyl (C=O) groups is 1. The first-order chi connectivity index (χ1) is 11.7. The van der Waals surface area contributed by atoms with Crippen molar-refractivity contribution in [2.45, 2.75) is 17.9 Å². The standard InChI is InChI=1S/C17H18ClFN2O3S/c1-12(13-3-7-15(19)8-4-13)20-17(22)11-21(2)25(23,24)16-9-5-14(18)6-10-16/h3-10,12H,11H2,1-2H3,(H,20,22)/t12-/m1/s1. The number of carbonyl (C=O) groups excluding carboxylic acids is 1. The zero-order chi connectivity index (χ0) is 18.6. The molecule has 0 fully saturated rings. The first-order valence-electron chi connectivity index (χ1n) is 7.47. The lowest BCUT2D eigenvalue weighted by atomic mass is 10.1. The van der Waals surface area contributed by atoms with E-state index in [1.807, 2.05) is 0 Å². The van der Waals surface area contributed by atoms with Crippen molar-refractivity contribution in [3.05, 3.63) is 64.9 Å². The van der Waals surface area contributed by atoms with Gasteiger partial charge in [-0.25, -0.2) is 12.8 Å². The van der Waals surface area contributed by atoms with Crippen LogP contribution in [0.5, 0.6) is 0 Å². The molecule has 1 atom stereocenters. The third-order valence-corrected chi connectivity index (χ3v) is 5.71. The number of hydrogen-bond donors (Lipinski definition) is 1. The van der Waals surface area contributed by atoms with E-state index in [2.05, 4.69) is 5.32 Å². The van der Waals surface area contributed by atoms with Crippen LogP contribution in [0.25, 0.3) is 0 Å². The molecule has 0 bridgehead atoms. The zero-order valence-electron chi connectivity index (χ0n) is 13.7. The number of halogens is 2. The molecule has 0 unspecified atom stereocenters. The van der Waals surface area contributed by atoms with Gasteiger partial charge in [-0.3, -0.25) is 4.79 Å². The highest BCUT2D eigenvalue weighted by Crippen LogP contribution is 2.18. The number of hydrogen-bond acceptors (Lipinski definition) is 3. The molecule has 0 aliphatic rings. The van der Waals surface area contributed by atoms with Gasteiger partial charge in [-0.05, 0) is 48.9 Å². The Hall–Kier alpha value is -1.96. The molecule has 0 saturated carbocycles. The molecular formula is C17H18ClFN2O3S. The van der Waals surface area contributed by atoms with E-state index >= 15 is 0 Å². The molecule has 0 aromatic heterocycles. The van der Waals surface area contributed by atoms with Crippen molar-refractivity contribution < 1.29 is 17.6 Å². The number of nitrogens with zero attached hydrogens (tertiary/aromatic N) is 1. The van der Waals surface area contributed by atoms with Gasteiger partial charge in [0.2, 0.25) is 15.9 Å². The minimum Gasteiger partial charge on any atom is -0.348 e. The highest BCUT2D eigenvalue weighted by molar-refractivity contribution is 7.89. The van der Waals surface area contributed by atoms with E-state index in [9.17, 15) is 17.6 Å². The molecule has 1 N–H and O–H groups in total. The third kappa shape index (κ3) is 5.01. The predicted octanol–water partition coefficient (Wildman–Crippen LogP) is 2.98. The molecule has 0 spiro atoms. The fourth-order valence-corrected chi connectivity index (χ4v) is 3.45. The maximum atomic E-state index is 12.9. The molecule has 2 rings (SSSR count). The molecule has 8 heteroatoms. The molecule has 2 aromatic rings. The van der Waals surface area contributed by atoms with E-state index in [4.69, 9.17) is 11.6 Å². The van der Waals surface area contributed by atoms with Crippen molar-refractivity contribution in [2.24, 2.45) is 0 Å². The van der Waals surface area contributed by atoms with Crippen molar-refractivity contribution in [3.63, 3.8) is 0 Å². The second-order valence-electron chi connectivity index (χ2n) is 5.56. The lowest BCUT2D eigenvalue weighted by Gasteiger charge is -2.19. The van der Waals surface area contributed by atoms with Gasteiger partial charge in [-0.1, -0.05) is 23.7 Å². The molecule has 2 aromatic carbocycles. The summed E-state index contributed by atoms with van der Waals surface area (Å²) in [5, 5.41) is 3.11. The van der Waals surface area contributed by atoms with E-state index in [1.54, 1.807) is 19.1 Å². The summed E-state index contributed by atoms with van der Waals surface area (Å²) in [7, 11) is -2.47. The Morgan fingerprint density at radius 3 is 2.28 bits per heavy atom. The van der Waals surface area contributed by atoms with Crippen LogP contribution in [0.2, 0.25) is 5.02 Å². The van der Waals surface area contributed by atoms with Gasteiger partial charge in [0.15, 0.2) is 0 Å². The molecule has 0 aliphatic carbocycles. The predicted molar refractivity (Wildman–Crippen MR) is 94.2 cm³/mol.